The van der Waals surface area contributed by atoms with Crippen LogP contribution in [0.2, 0.25) is 0 Å². The molecule has 0 unspecified atom stereocenters. The Labute approximate surface area is 190 Å². The molecule has 30 heavy (non-hydrogen) atoms. The van der Waals surface area contributed by atoms with Crippen LogP contribution in [0.15, 0.2) is 42.5 Å². The van der Waals surface area contributed by atoms with E-state index in [4.69, 9.17) is 0 Å². The first-order chi connectivity index (χ1) is 14.7. The maximum Gasteiger partial charge on any atom is 0.261 e. The topological polar surface area (TPSA) is 32.3 Å². The molecule has 5 heteroatoms. The largest absolute Gasteiger partial charge is 0.371 e. The van der Waals surface area contributed by atoms with Gasteiger partial charge in [-0.2, -0.15) is 11.8 Å². The summed E-state index contributed by atoms with van der Waals surface area (Å²) in [5, 5.41) is 0. The van der Waals surface area contributed by atoms with Crippen molar-refractivity contribution in [2.45, 2.75) is 57.5 Å². The molecule has 0 aromatic heterocycles. The van der Waals surface area contributed by atoms with Crippen molar-refractivity contribution in [1.82, 2.24) is 4.72 Å². The van der Waals surface area contributed by atoms with Crippen molar-refractivity contribution < 1.29 is 4.79 Å². The minimum Gasteiger partial charge on any atom is -0.371 e. The van der Waals surface area contributed by atoms with Crippen LogP contribution in [-0.2, 0) is 17.9 Å². The van der Waals surface area contributed by atoms with E-state index >= 15 is 0 Å². The average Bonchev–Trinajstić information content (AvgIpc) is 3.19. The fraction of sp³-hybridized carbons (Fsp3) is 0.480. The Balaban J connectivity index is 1.39. The number of nitrogens with one attached hydrogen (secondary N) is 1. The van der Waals surface area contributed by atoms with Crippen LogP contribution in [-0.4, -0.2) is 24.7 Å². The molecule has 1 heterocycles. The van der Waals surface area contributed by atoms with Crippen LogP contribution >= 0.6 is 23.7 Å². The van der Waals surface area contributed by atoms with Crippen LogP contribution in [0, 0.1) is 0 Å². The second-order valence-electron chi connectivity index (χ2n) is 7.82. The molecule has 0 fully saturated rings. The van der Waals surface area contributed by atoms with Crippen molar-refractivity contribution in [2.24, 2.45) is 0 Å². The molecule has 0 saturated carbocycles. The fourth-order valence-corrected chi connectivity index (χ4v) is 5.40. The number of fused-ring (bicyclic) bond motifs is 1. The summed E-state index contributed by atoms with van der Waals surface area (Å²) < 4.78 is 2.96. The zero-order valence-corrected chi connectivity index (χ0v) is 19.9. The third-order valence-electron chi connectivity index (χ3n) is 5.54. The summed E-state index contributed by atoms with van der Waals surface area (Å²) in [5.41, 5.74) is 6.32. The van der Waals surface area contributed by atoms with Gasteiger partial charge in [0, 0.05) is 41.6 Å². The predicted octanol–water partition coefficient (Wildman–Crippen LogP) is 6.46. The molecule has 0 aliphatic carbocycles. The molecule has 2 aromatic carbocycles. The SMILES string of the molecule is CCCCCCSNC(=O)c1ccc(CSCc2ccc3c(c2)CCN3CC)cc1. The highest BCUT2D eigenvalue weighted by molar-refractivity contribution is 7.98. The van der Waals surface area contributed by atoms with Crippen molar-refractivity contribution in [3.05, 3.63) is 64.7 Å². The molecule has 3 rings (SSSR count). The molecule has 0 radical (unpaired) electrons. The maximum absolute atomic E-state index is 12.2. The van der Waals surface area contributed by atoms with E-state index < -0.39 is 0 Å². The Morgan fingerprint density at radius 2 is 1.77 bits per heavy atom. The Kier molecular flexibility index (Phi) is 9.47. The first-order valence-electron chi connectivity index (χ1n) is 11.2. The van der Waals surface area contributed by atoms with Crippen molar-refractivity contribution in [3.8, 4) is 0 Å². The molecule has 162 valence electrons. The van der Waals surface area contributed by atoms with Crippen LogP contribution < -0.4 is 9.62 Å². The van der Waals surface area contributed by atoms with E-state index in [1.165, 1.54) is 60.0 Å². The molecular formula is C25H34N2OS2. The van der Waals surface area contributed by atoms with Crippen LogP contribution in [0.25, 0.3) is 0 Å². The normalized spacial score (nSPS) is 12.8. The zero-order valence-electron chi connectivity index (χ0n) is 18.3. The van der Waals surface area contributed by atoms with Crippen LogP contribution in [0.3, 0.4) is 0 Å². The average molecular weight is 443 g/mol. The number of unbranched alkanes of at least 4 members (excludes halogenated alkanes) is 3. The Morgan fingerprint density at radius 3 is 2.53 bits per heavy atom. The van der Waals surface area contributed by atoms with Gasteiger partial charge in [-0.15, -0.1) is 0 Å². The summed E-state index contributed by atoms with van der Waals surface area (Å²) in [4.78, 5) is 14.7. The molecule has 1 aliphatic rings. The lowest BCUT2D eigenvalue weighted by Crippen LogP contribution is -2.18. The maximum atomic E-state index is 12.2. The second-order valence-corrected chi connectivity index (χ2v) is 9.71. The van der Waals surface area contributed by atoms with Gasteiger partial charge in [0.15, 0.2) is 0 Å². The number of amides is 1. The van der Waals surface area contributed by atoms with Gasteiger partial charge in [0.1, 0.15) is 0 Å². The first-order valence-corrected chi connectivity index (χ1v) is 13.3. The molecule has 0 saturated heterocycles. The van der Waals surface area contributed by atoms with Crippen molar-refractivity contribution >= 4 is 35.3 Å². The minimum absolute atomic E-state index is 0.00830. The number of nitrogens with zero attached hydrogens (tertiary/aromatic N) is 1. The van der Waals surface area contributed by atoms with Gasteiger partial charge in [0.05, 0.1) is 0 Å². The van der Waals surface area contributed by atoms with Gasteiger partial charge in [-0.05, 0) is 54.7 Å². The van der Waals surface area contributed by atoms with E-state index in [2.05, 4.69) is 53.8 Å². The van der Waals surface area contributed by atoms with Crippen LogP contribution in [0.1, 0.15) is 66.6 Å². The van der Waals surface area contributed by atoms with E-state index in [9.17, 15) is 4.79 Å². The monoisotopic (exact) mass is 442 g/mol. The highest BCUT2D eigenvalue weighted by Gasteiger charge is 2.17. The minimum atomic E-state index is 0.00830. The number of likely N-dealkylation sites (N-methyl/N-ethyl adjacent to an activating group) is 1. The van der Waals surface area contributed by atoms with Crippen molar-refractivity contribution in [1.29, 1.82) is 0 Å². The van der Waals surface area contributed by atoms with Crippen LogP contribution in [0.4, 0.5) is 5.69 Å². The number of carbonyl (C=O) groups excluding carboxylic acids is 1. The van der Waals surface area contributed by atoms with Crippen LogP contribution in [0.5, 0.6) is 0 Å². The van der Waals surface area contributed by atoms with Gasteiger partial charge in [-0.25, -0.2) is 0 Å². The molecule has 0 atom stereocenters. The molecule has 0 bridgehead atoms. The lowest BCUT2D eigenvalue weighted by Gasteiger charge is -2.16. The number of hydrogen-bond acceptors (Lipinski definition) is 4. The first kappa shape index (κ1) is 23.1. The van der Waals surface area contributed by atoms with Gasteiger partial charge in [-0.1, -0.05) is 62.4 Å². The summed E-state index contributed by atoms with van der Waals surface area (Å²) in [6.45, 7) is 6.68. The molecule has 0 spiro atoms. The van der Waals surface area contributed by atoms with E-state index in [-0.39, 0.29) is 5.91 Å². The quantitative estimate of drug-likeness (QED) is 0.302. The summed E-state index contributed by atoms with van der Waals surface area (Å²) in [6.07, 6.45) is 6.09. The highest BCUT2D eigenvalue weighted by atomic mass is 32.2. The number of anilines is 1. The summed E-state index contributed by atoms with van der Waals surface area (Å²) >= 11 is 3.46. The fourth-order valence-electron chi connectivity index (χ4n) is 3.76. The number of hydrogen-bond donors (Lipinski definition) is 1. The number of thioether (sulfide) groups is 1. The Hall–Kier alpha value is -1.59. The van der Waals surface area contributed by atoms with Crippen molar-refractivity contribution in [2.75, 3.05) is 23.7 Å². The summed E-state index contributed by atoms with van der Waals surface area (Å²) in [6, 6.07) is 15.0. The zero-order chi connectivity index (χ0) is 21.2. The highest BCUT2D eigenvalue weighted by Crippen LogP contribution is 2.30. The standard InChI is InChI=1S/C25H34N2OS2/c1-3-5-6-7-16-30-26-25(28)22-11-8-20(9-12-22)18-29-19-21-10-13-24-23(17-21)14-15-27(24)4-2/h8-13,17H,3-7,14-16,18-19H2,1-2H3,(H,26,28). The number of benzene rings is 2. The molecule has 3 nitrogen and oxygen atoms in total. The van der Waals surface area contributed by atoms with Gasteiger partial charge in [0.25, 0.3) is 5.91 Å². The smallest absolute Gasteiger partial charge is 0.261 e. The summed E-state index contributed by atoms with van der Waals surface area (Å²) in [5.74, 6) is 2.98. The second kappa shape index (κ2) is 12.3. The molecule has 1 N–H and O–H groups in total. The van der Waals surface area contributed by atoms with E-state index in [0.29, 0.717) is 0 Å². The van der Waals surface area contributed by atoms with Gasteiger partial charge in [-0.3, -0.25) is 9.52 Å². The number of carbonyl (C=O) groups is 1. The lowest BCUT2D eigenvalue weighted by atomic mass is 10.1. The number of rotatable bonds is 12. The third-order valence-corrected chi connectivity index (χ3v) is 7.43. The van der Waals surface area contributed by atoms with Crippen molar-refractivity contribution in [3.63, 3.8) is 0 Å². The third kappa shape index (κ3) is 6.71. The van der Waals surface area contributed by atoms with Gasteiger partial charge < -0.3 is 4.90 Å². The van der Waals surface area contributed by atoms with E-state index in [0.717, 1.165) is 42.3 Å². The molecule has 1 amide bonds. The van der Waals surface area contributed by atoms with E-state index in [1.807, 2.05) is 23.9 Å². The molecule has 2 aromatic rings. The Morgan fingerprint density at radius 1 is 1.00 bits per heavy atom. The molecule has 1 aliphatic heterocycles. The lowest BCUT2D eigenvalue weighted by molar-refractivity contribution is 0.0984. The van der Waals surface area contributed by atoms with Gasteiger partial charge in [0.2, 0.25) is 0 Å². The molecular weight excluding hydrogens is 408 g/mol. The summed E-state index contributed by atoms with van der Waals surface area (Å²) in [7, 11) is 0. The Bertz CT molecular complexity index is 807. The van der Waals surface area contributed by atoms with Gasteiger partial charge >= 0.3 is 0 Å². The predicted molar refractivity (Wildman–Crippen MR) is 134 cm³/mol. The van der Waals surface area contributed by atoms with E-state index in [1.54, 1.807) is 0 Å².